The summed E-state index contributed by atoms with van der Waals surface area (Å²) in [5.41, 5.74) is 0. The molecule has 0 aromatic rings. The first-order valence-electron chi connectivity index (χ1n) is 22.1. The van der Waals surface area contributed by atoms with Crippen molar-refractivity contribution in [3.8, 4) is 0 Å². The Kier molecular flexibility index (Phi) is 40.0. The third-order valence-electron chi connectivity index (χ3n) is 9.35. The molecule has 0 radical (unpaired) electrons. The molecule has 306 valence electrons. The van der Waals surface area contributed by atoms with E-state index in [1.165, 1.54) is 116 Å². The second kappa shape index (κ2) is 42.1. The predicted molar refractivity (Wildman–Crippen MR) is 224 cm³/mol. The molecule has 6 heteroatoms. The topological polar surface area (TPSA) is 78.9 Å². The summed E-state index contributed by atoms with van der Waals surface area (Å²) in [7, 11) is 0. The SMILES string of the molecule is CC/C=C\C/C=C\C/C=C\CC(=O)OC(COC(=O)CCCCCCCCC/C=C\CCCCCCCC)COC(=O)CCCCCCCCCCC. The summed E-state index contributed by atoms with van der Waals surface area (Å²) in [6.07, 6.45) is 48.5. The fourth-order valence-electron chi connectivity index (χ4n) is 6.03. The Morgan fingerprint density at radius 2 is 0.792 bits per heavy atom. The zero-order valence-electron chi connectivity index (χ0n) is 34.8. The number of carbonyl (C=O) groups excluding carboxylic acids is 3. The standard InChI is InChI=1S/C47H82O6/c1-4-7-10-13-16-19-20-21-22-23-24-25-26-29-31-34-37-40-46(49)52-43-44(53-47(50)41-38-35-32-28-18-15-12-9-6-3)42-51-45(48)39-36-33-30-27-17-14-11-8-5-2/h9,12,18,21-22,28,35,38,44H,4-8,10-11,13-17,19-20,23-27,29-34,36-37,39-43H2,1-3H3/b12-9-,22-21-,28-18-,38-35-. The van der Waals surface area contributed by atoms with Crippen molar-refractivity contribution in [2.45, 2.75) is 219 Å². The zero-order chi connectivity index (χ0) is 38.7. The first-order valence-corrected chi connectivity index (χ1v) is 22.1. The number of esters is 3. The maximum atomic E-state index is 12.6. The van der Waals surface area contributed by atoms with Crippen molar-refractivity contribution in [3.05, 3.63) is 48.6 Å². The fraction of sp³-hybridized carbons (Fsp3) is 0.766. The van der Waals surface area contributed by atoms with E-state index in [2.05, 4.69) is 57.2 Å². The van der Waals surface area contributed by atoms with Crippen molar-refractivity contribution in [1.29, 1.82) is 0 Å². The van der Waals surface area contributed by atoms with Gasteiger partial charge >= 0.3 is 17.9 Å². The lowest BCUT2D eigenvalue weighted by Gasteiger charge is -2.18. The molecule has 53 heavy (non-hydrogen) atoms. The van der Waals surface area contributed by atoms with Crippen LogP contribution in [-0.4, -0.2) is 37.2 Å². The number of allylic oxidation sites excluding steroid dienone is 7. The largest absolute Gasteiger partial charge is 0.462 e. The van der Waals surface area contributed by atoms with Crippen molar-refractivity contribution in [3.63, 3.8) is 0 Å². The molecule has 0 fully saturated rings. The second-order valence-electron chi connectivity index (χ2n) is 14.6. The summed E-state index contributed by atoms with van der Waals surface area (Å²) in [6, 6.07) is 0. The predicted octanol–water partition coefficient (Wildman–Crippen LogP) is 14.0. The summed E-state index contributed by atoms with van der Waals surface area (Å²) in [5, 5.41) is 0. The lowest BCUT2D eigenvalue weighted by molar-refractivity contribution is -0.166. The van der Waals surface area contributed by atoms with Gasteiger partial charge in [0.1, 0.15) is 13.2 Å². The quantitative estimate of drug-likeness (QED) is 0.0270. The van der Waals surface area contributed by atoms with Gasteiger partial charge < -0.3 is 14.2 Å². The monoisotopic (exact) mass is 743 g/mol. The van der Waals surface area contributed by atoms with E-state index in [0.717, 1.165) is 57.8 Å². The first-order chi connectivity index (χ1) is 26.0. The van der Waals surface area contributed by atoms with Crippen LogP contribution in [0, 0.1) is 0 Å². The van der Waals surface area contributed by atoms with Gasteiger partial charge in [-0.3, -0.25) is 14.4 Å². The molecule has 0 saturated carbocycles. The summed E-state index contributed by atoms with van der Waals surface area (Å²) >= 11 is 0. The highest BCUT2D eigenvalue weighted by atomic mass is 16.6. The van der Waals surface area contributed by atoms with E-state index < -0.39 is 12.1 Å². The van der Waals surface area contributed by atoms with Crippen LogP contribution in [0.2, 0.25) is 0 Å². The van der Waals surface area contributed by atoms with Crippen LogP contribution in [0.1, 0.15) is 213 Å². The number of hydrogen-bond donors (Lipinski definition) is 0. The van der Waals surface area contributed by atoms with Gasteiger partial charge in [0.25, 0.3) is 0 Å². The van der Waals surface area contributed by atoms with Crippen molar-refractivity contribution in [2.75, 3.05) is 13.2 Å². The number of rotatable bonds is 39. The molecule has 0 spiro atoms. The molecule has 0 bridgehead atoms. The molecule has 0 amide bonds. The second-order valence-corrected chi connectivity index (χ2v) is 14.6. The van der Waals surface area contributed by atoms with Crippen molar-refractivity contribution in [1.82, 2.24) is 0 Å². The molecular formula is C47H82O6. The Hall–Kier alpha value is -2.63. The number of ether oxygens (including phenoxy) is 3. The van der Waals surface area contributed by atoms with Gasteiger partial charge in [-0.1, -0.05) is 185 Å². The van der Waals surface area contributed by atoms with Gasteiger partial charge in [-0.15, -0.1) is 0 Å². The smallest absolute Gasteiger partial charge is 0.310 e. The summed E-state index contributed by atoms with van der Waals surface area (Å²) in [6.45, 7) is 6.39. The highest BCUT2D eigenvalue weighted by Crippen LogP contribution is 2.13. The maximum Gasteiger partial charge on any atom is 0.310 e. The third kappa shape index (κ3) is 40.4. The molecule has 0 aliphatic rings. The Morgan fingerprint density at radius 1 is 0.415 bits per heavy atom. The molecule has 0 aliphatic heterocycles. The Labute approximate surface area is 327 Å². The van der Waals surface area contributed by atoms with Crippen LogP contribution in [0.5, 0.6) is 0 Å². The van der Waals surface area contributed by atoms with Gasteiger partial charge in [0.05, 0.1) is 6.42 Å². The molecule has 0 heterocycles. The van der Waals surface area contributed by atoms with E-state index in [1.54, 1.807) is 6.08 Å². The summed E-state index contributed by atoms with van der Waals surface area (Å²) in [5.74, 6) is -1.04. The van der Waals surface area contributed by atoms with Crippen LogP contribution in [-0.2, 0) is 28.6 Å². The minimum Gasteiger partial charge on any atom is -0.462 e. The zero-order valence-corrected chi connectivity index (χ0v) is 34.8. The lowest BCUT2D eigenvalue weighted by atomic mass is 10.1. The molecule has 0 aliphatic carbocycles. The van der Waals surface area contributed by atoms with E-state index in [9.17, 15) is 14.4 Å². The molecular weight excluding hydrogens is 661 g/mol. The molecule has 0 N–H and O–H groups in total. The molecule has 1 unspecified atom stereocenters. The molecule has 0 saturated heterocycles. The van der Waals surface area contributed by atoms with E-state index >= 15 is 0 Å². The molecule has 6 nitrogen and oxygen atoms in total. The molecule has 0 rings (SSSR count). The van der Waals surface area contributed by atoms with Crippen molar-refractivity contribution >= 4 is 17.9 Å². The lowest BCUT2D eigenvalue weighted by Crippen LogP contribution is -2.30. The Morgan fingerprint density at radius 3 is 1.23 bits per heavy atom. The highest BCUT2D eigenvalue weighted by molar-refractivity contribution is 5.72. The van der Waals surface area contributed by atoms with Crippen LogP contribution in [0.25, 0.3) is 0 Å². The normalized spacial score (nSPS) is 12.4. The van der Waals surface area contributed by atoms with E-state index in [-0.39, 0.29) is 31.6 Å². The van der Waals surface area contributed by atoms with Gasteiger partial charge in [0.2, 0.25) is 0 Å². The van der Waals surface area contributed by atoms with Gasteiger partial charge in [-0.25, -0.2) is 0 Å². The minimum atomic E-state index is -0.817. The maximum absolute atomic E-state index is 12.6. The van der Waals surface area contributed by atoms with Crippen LogP contribution < -0.4 is 0 Å². The van der Waals surface area contributed by atoms with Crippen LogP contribution in [0.15, 0.2) is 48.6 Å². The van der Waals surface area contributed by atoms with Crippen LogP contribution in [0.3, 0.4) is 0 Å². The fourth-order valence-corrected chi connectivity index (χ4v) is 6.03. The van der Waals surface area contributed by atoms with Gasteiger partial charge in [0, 0.05) is 12.8 Å². The van der Waals surface area contributed by atoms with E-state index in [1.807, 2.05) is 6.08 Å². The van der Waals surface area contributed by atoms with Gasteiger partial charge in [-0.05, 0) is 57.8 Å². The van der Waals surface area contributed by atoms with E-state index in [0.29, 0.717) is 12.8 Å². The van der Waals surface area contributed by atoms with Gasteiger partial charge in [0.15, 0.2) is 6.10 Å². The van der Waals surface area contributed by atoms with Crippen LogP contribution in [0.4, 0.5) is 0 Å². The average Bonchev–Trinajstić information content (AvgIpc) is 3.15. The number of unbranched alkanes of at least 4 members (excludes halogenated alkanes) is 21. The number of hydrogen-bond acceptors (Lipinski definition) is 6. The average molecular weight is 743 g/mol. The number of carbonyl (C=O) groups is 3. The minimum absolute atomic E-state index is 0.108. The molecule has 1 atom stereocenters. The van der Waals surface area contributed by atoms with Crippen molar-refractivity contribution < 1.29 is 28.6 Å². The van der Waals surface area contributed by atoms with Crippen LogP contribution >= 0.6 is 0 Å². The Bertz CT molecular complexity index is 949. The third-order valence-corrected chi connectivity index (χ3v) is 9.35. The summed E-state index contributed by atoms with van der Waals surface area (Å²) in [4.78, 5) is 37.5. The van der Waals surface area contributed by atoms with E-state index in [4.69, 9.17) is 14.2 Å². The van der Waals surface area contributed by atoms with Crippen molar-refractivity contribution in [2.24, 2.45) is 0 Å². The Balaban J connectivity index is 4.34. The van der Waals surface area contributed by atoms with Gasteiger partial charge in [-0.2, -0.15) is 0 Å². The highest BCUT2D eigenvalue weighted by Gasteiger charge is 2.19. The summed E-state index contributed by atoms with van der Waals surface area (Å²) < 4.78 is 16.5. The first kappa shape index (κ1) is 50.4. The molecule has 0 aromatic heterocycles. The molecule has 0 aromatic carbocycles.